The molecule has 1 saturated carbocycles. The van der Waals surface area contributed by atoms with Gasteiger partial charge in [0.15, 0.2) is 0 Å². The number of hydrogen-bond acceptors (Lipinski definition) is 3. The van der Waals surface area contributed by atoms with E-state index in [1.807, 2.05) is 11.8 Å². The molecule has 1 amide bonds. The van der Waals surface area contributed by atoms with Crippen LogP contribution < -0.4 is 10.6 Å². The van der Waals surface area contributed by atoms with Crippen LogP contribution in [0.1, 0.15) is 32.6 Å². The Hall–Kier alpha value is -0.220. The monoisotopic (exact) mass is 242 g/mol. The summed E-state index contributed by atoms with van der Waals surface area (Å²) >= 11 is 1.94. The molecule has 0 aromatic heterocycles. The Morgan fingerprint density at radius 3 is 3.00 bits per heavy atom. The van der Waals surface area contributed by atoms with Gasteiger partial charge in [0.25, 0.3) is 0 Å². The van der Waals surface area contributed by atoms with Crippen molar-refractivity contribution in [1.29, 1.82) is 0 Å². The second kappa shape index (κ2) is 5.92. The Balaban J connectivity index is 1.62. The molecule has 3 nitrogen and oxygen atoms in total. The summed E-state index contributed by atoms with van der Waals surface area (Å²) in [5.74, 6) is 3.35. The van der Waals surface area contributed by atoms with E-state index < -0.39 is 0 Å². The summed E-state index contributed by atoms with van der Waals surface area (Å²) in [5, 5.41) is 6.51. The lowest BCUT2D eigenvalue weighted by Crippen LogP contribution is -2.43. The van der Waals surface area contributed by atoms with Crippen LogP contribution >= 0.6 is 11.8 Å². The zero-order chi connectivity index (χ0) is 11.4. The van der Waals surface area contributed by atoms with Crippen LogP contribution in [0.25, 0.3) is 0 Å². The predicted molar refractivity (Wildman–Crippen MR) is 68.7 cm³/mol. The highest BCUT2D eigenvalue weighted by atomic mass is 32.2. The van der Waals surface area contributed by atoms with Gasteiger partial charge < -0.3 is 10.6 Å². The molecule has 0 spiro atoms. The number of nitrogens with one attached hydrogen (secondary N) is 2. The van der Waals surface area contributed by atoms with Gasteiger partial charge in [0, 0.05) is 36.6 Å². The highest BCUT2D eigenvalue weighted by molar-refractivity contribution is 7.99. The first-order valence-electron chi connectivity index (χ1n) is 6.34. The normalized spacial score (nSPS) is 27.4. The van der Waals surface area contributed by atoms with Crippen LogP contribution in [0, 0.1) is 5.92 Å². The first-order valence-corrected chi connectivity index (χ1v) is 7.50. The molecule has 92 valence electrons. The molecule has 2 unspecified atom stereocenters. The van der Waals surface area contributed by atoms with Gasteiger partial charge in [-0.2, -0.15) is 11.8 Å². The second-order valence-corrected chi connectivity index (χ2v) is 6.23. The van der Waals surface area contributed by atoms with Gasteiger partial charge in [0.05, 0.1) is 0 Å². The predicted octanol–water partition coefficient (Wildman–Crippen LogP) is 1.39. The highest BCUT2D eigenvalue weighted by Crippen LogP contribution is 2.33. The third-order valence-corrected chi connectivity index (χ3v) is 4.35. The molecule has 0 aromatic carbocycles. The van der Waals surface area contributed by atoms with Crippen LogP contribution in [0.3, 0.4) is 0 Å². The molecule has 4 heteroatoms. The average molecular weight is 242 g/mol. The van der Waals surface area contributed by atoms with Crippen molar-refractivity contribution in [2.24, 2.45) is 5.92 Å². The lowest BCUT2D eigenvalue weighted by atomic mass is 10.1. The Kier molecular flexibility index (Phi) is 4.53. The first kappa shape index (κ1) is 12.2. The smallest absolute Gasteiger partial charge is 0.221 e. The van der Waals surface area contributed by atoms with Gasteiger partial charge >= 0.3 is 0 Å². The summed E-state index contributed by atoms with van der Waals surface area (Å²) in [6, 6.07) is 0.739. The van der Waals surface area contributed by atoms with E-state index in [0.717, 1.165) is 18.2 Å². The maximum absolute atomic E-state index is 11.8. The molecule has 1 heterocycles. The van der Waals surface area contributed by atoms with Crippen LogP contribution in [0.5, 0.6) is 0 Å². The summed E-state index contributed by atoms with van der Waals surface area (Å²) in [6.45, 7) is 3.17. The zero-order valence-electron chi connectivity index (χ0n) is 10.00. The average Bonchev–Trinajstić information content (AvgIpc) is 3.02. The minimum atomic E-state index is 0.216. The topological polar surface area (TPSA) is 41.1 Å². The second-order valence-electron chi connectivity index (χ2n) is 5.08. The van der Waals surface area contributed by atoms with Crippen LogP contribution in [0.15, 0.2) is 0 Å². The van der Waals surface area contributed by atoms with Crippen molar-refractivity contribution in [3.63, 3.8) is 0 Å². The lowest BCUT2D eigenvalue weighted by molar-refractivity contribution is -0.122. The molecule has 2 rings (SSSR count). The van der Waals surface area contributed by atoms with Crippen LogP contribution in [0.4, 0.5) is 0 Å². The van der Waals surface area contributed by atoms with E-state index >= 15 is 0 Å². The number of carbonyl (C=O) groups is 1. The SMILES string of the molecule is CC(CC1CC1)NC(=O)CC1CSCCN1. The van der Waals surface area contributed by atoms with Crippen molar-refractivity contribution in [2.45, 2.75) is 44.7 Å². The van der Waals surface area contributed by atoms with Crippen molar-refractivity contribution in [3.05, 3.63) is 0 Å². The maximum Gasteiger partial charge on any atom is 0.221 e. The number of amides is 1. The van der Waals surface area contributed by atoms with E-state index in [9.17, 15) is 4.79 Å². The van der Waals surface area contributed by atoms with E-state index in [1.54, 1.807) is 0 Å². The molecular weight excluding hydrogens is 220 g/mol. The molecule has 0 radical (unpaired) electrons. The van der Waals surface area contributed by atoms with Gasteiger partial charge in [-0.1, -0.05) is 12.8 Å². The van der Waals surface area contributed by atoms with Gasteiger partial charge in [0.1, 0.15) is 0 Å². The molecule has 2 N–H and O–H groups in total. The Labute approximate surface area is 102 Å². The van der Waals surface area contributed by atoms with E-state index in [1.165, 1.54) is 25.0 Å². The lowest BCUT2D eigenvalue weighted by Gasteiger charge is -2.23. The van der Waals surface area contributed by atoms with Gasteiger partial charge in [-0.15, -0.1) is 0 Å². The number of hydrogen-bond donors (Lipinski definition) is 2. The third kappa shape index (κ3) is 4.34. The molecule has 16 heavy (non-hydrogen) atoms. The van der Waals surface area contributed by atoms with Crippen LogP contribution in [-0.4, -0.2) is 36.0 Å². The van der Waals surface area contributed by atoms with Crippen LogP contribution in [-0.2, 0) is 4.79 Å². The number of carbonyl (C=O) groups excluding carboxylic acids is 1. The number of thioether (sulfide) groups is 1. The van der Waals surface area contributed by atoms with Crippen molar-refractivity contribution in [2.75, 3.05) is 18.1 Å². The van der Waals surface area contributed by atoms with E-state index in [0.29, 0.717) is 18.5 Å². The van der Waals surface area contributed by atoms with Gasteiger partial charge in [-0.05, 0) is 19.3 Å². The molecule has 1 saturated heterocycles. The van der Waals surface area contributed by atoms with Gasteiger partial charge in [-0.3, -0.25) is 4.79 Å². The minimum Gasteiger partial charge on any atom is -0.354 e. The molecule has 1 aliphatic carbocycles. The summed E-state index contributed by atoms with van der Waals surface area (Å²) < 4.78 is 0. The number of rotatable bonds is 5. The van der Waals surface area contributed by atoms with E-state index in [2.05, 4.69) is 17.6 Å². The minimum absolute atomic E-state index is 0.216. The maximum atomic E-state index is 11.8. The molecule has 0 aromatic rings. The van der Waals surface area contributed by atoms with Crippen molar-refractivity contribution >= 4 is 17.7 Å². The molecule has 2 fully saturated rings. The molecule has 0 bridgehead atoms. The van der Waals surface area contributed by atoms with Gasteiger partial charge in [-0.25, -0.2) is 0 Å². The molecule has 2 atom stereocenters. The Morgan fingerprint density at radius 1 is 1.56 bits per heavy atom. The quantitative estimate of drug-likeness (QED) is 0.765. The molecule has 2 aliphatic rings. The van der Waals surface area contributed by atoms with Crippen molar-refractivity contribution in [1.82, 2.24) is 10.6 Å². The molecular formula is C12H22N2OS. The Bertz CT molecular complexity index is 237. The van der Waals surface area contributed by atoms with E-state index in [-0.39, 0.29) is 5.91 Å². The first-order chi connectivity index (χ1) is 7.74. The summed E-state index contributed by atoms with van der Waals surface area (Å²) in [4.78, 5) is 11.8. The Morgan fingerprint density at radius 2 is 2.38 bits per heavy atom. The fourth-order valence-electron chi connectivity index (χ4n) is 2.22. The summed E-state index contributed by atoms with van der Waals surface area (Å²) in [6.07, 6.45) is 4.53. The van der Waals surface area contributed by atoms with Gasteiger partial charge in [0.2, 0.25) is 5.91 Å². The fourth-order valence-corrected chi connectivity index (χ4v) is 3.17. The largest absolute Gasteiger partial charge is 0.354 e. The third-order valence-electron chi connectivity index (χ3n) is 3.22. The van der Waals surface area contributed by atoms with Crippen molar-refractivity contribution < 1.29 is 4.79 Å². The molecule has 1 aliphatic heterocycles. The summed E-state index contributed by atoms with van der Waals surface area (Å²) in [5.41, 5.74) is 0. The standard InChI is InChI=1S/C12H22N2OS/c1-9(6-10-2-3-10)14-12(15)7-11-8-16-5-4-13-11/h9-11,13H,2-8H2,1H3,(H,14,15). The zero-order valence-corrected chi connectivity index (χ0v) is 10.8. The van der Waals surface area contributed by atoms with Crippen molar-refractivity contribution in [3.8, 4) is 0 Å². The summed E-state index contributed by atoms with van der Waals surface area (Å²) in [7, 11) is 0. The fraction of sp³-hybridized carbons (Fsp3) is 0.917. The van der Waals surface area contributed by atoms with E-state index in [4.69, 9.17) is 0 Å². The van der Waals surface area contributed by atoms with Crippen LogP contribution in [0.2, 0.25) is 0 Å². The highest BCUT2D eigenvalue weighted by Gasteiger charge is 2.24.